The predicted molar refractivity (Wildman–Crippen MR) is 95.3 cm³/mol. The maximum absolute atomic E-state index is 12.0. The summed E-state index contributed by atoms with van der Waals surface area (Å²) in [6, 6.07) is 4.13. The molecule has 0 radical (unpaired) electrons. The van der Waals surface area contributed by atoms with Crippen molar-refractivity contribution in [3.8, 4) is 0 Å². The molecule has 0 spiro atoms. The Morgan fingerprint density at radius 3 is 3.00 bits per heavy atom. The highest BCUT2D eigenvalue weighted by Crippen LogP contribution is 2.26. The van der Waals surface area contributed by atoms with Crippen molar-refractivity contribution in [2.24, 2.45) is 0 Å². The molecule has 2 aromatic rings. The Morgan fingerprint density at radius 1 is 1.38 bits per heavy atom. The lowest BCUT2D eigenvalue weighted by Gasteiger charge is -2.23. The van der Waals surface area contributed by atoms with Gasteiger partial charge in [0, 0.05) is 31.5 Å². The van der Waals surface area contributed by atoms with Crippen LogP contribution in [0.15, 0.2) is 24.5 Å². The Morgan fingerprint density at radius 2 is 2.21 bits per heavy atom. The minimum Gasteiger partial charge on any atom is -0.444 e. The average Bonchev–Trinajstić information content (AvgIpc) is 2.79. The monoisotopic (exact) mass is 330 g/mol. The van der Waals surface area contributed by atoms with Crippen LogP contribution in [-0.2, 0) is 4.74 Å². The number of alkyl carbamates (subject to hydrolysis) is 1. The number of aromatic nitrogens is 2. The van der Waals surface area contributed by atoms with Gasteiger partial charge in [0.1, 0.15) is 11.1 Å². The van der Waals surface area contributed by atoms with Crippen molar-refractivity contribution in [1.82, 2.24) is 15.3 Å². The molecule has 3 rings (SSSR count). The molecule has 3 heterocycles. The molecule has 0 aliphatic carbocycles. The topological polar surface area (TPSA) is 70.2 Å². The number of nitrogens with zero attached hydrogens (tertiary/aromatic N) is 2. The van der Waals surface area contributed by atoms with E-state index in [1.54, 1.807) is 0 Å². The molecule has 6 nitrogen and oxygen atoms in total. The second kappa shape index (κ2) is 6.71. The Hall–Kier alpha value is -2.24. The number of H-pyrrole nitrogens is 1. The molecular weight excluding hydrogens is 304 g/mol. The van der Waals surface area contributed by atoms with E-state index in [9.17, 15) is 4.79 Å². The first-order valence-electron chi connectivity index (χ1n) is 8.59. The van der Waals surface area contributed by atoms with E-state index in [4.69, 9.17) is 4.74 Å². The van der Waals surface area contributed by atoms with E-state index in [1.807, 2.05) is 45.3 Å². The van der Waals surface area contributed by atoms with Gasteiger partial charge in [0.05, 0.1) is 11.2 Å². The second-order valence-corrected chi connectivity index (χ2v) is 7.33. The van der Waals surface area contributed by atoms with Crippen LogP contribution in [0, 0.1) is 0 Å². The van der Waals surface area contributed by atoms with Crippen molar-refractivity contribution in [1.29, 1.82) is 0 Å². The standard InChI is InChI=1S/C18H26N4O2/c1-18(2,3)24-17(23)21-13-6-5-10-22(11-8-13)15-12-20-14-7-4-9-19-16(14)15/h4,7,9,12-13,20H,5-6,8,10-11H2,1-3H3,(H,21,23). The lowest BCUT2D eigenvalue weighted by molar-refractivity contribution is 0.0501. The van der Waals surface area contributed by atoms with Gasteiger partial charge in [-0.1, -0.05) is 0 Å². The first-order valence-corrected chi connectivity index (χ1v) is 8.59. The fourth-order valence-electron chi connectivity index (χ4n) is 3.14. The van der Waals surface area contributed by atoms with Crippen LogP contribution in [0.1, 0.15) is 40.0 Å². The number of rotatable bonds is 2. The lowest BCUT2D eigenvalue weighted by atomic mass is 10.1. The van der Waals surface area contributed by atoms with E-state index < -0.39 is 5.60 Å². The van der Waals surface area contributed by atoms with E-state index in [-0.39, 0.29) is 12.1 Å². The predicted octanol–water partition coefficient (Wildman–Crippen LogP) is 3.45. The van der Waals surface area contributed by atoms with Crippen molar-refractivity contribution in [3.05, 3.63) is 24.5 Å². The molecule has 1 amide bonds. The third kappa shape index (κ3) is 3.99. The zero-order chi connectivity index (χ0) is 17.2. The largest absolute Gasteiger partial charge is 0.444 e. The van der Waals surface area contributed by atoms with Gasteiger partial charge in [-0.3, -0.25) is 4.98 Å². The molecule has 1 aliphatic rings. The van der Waals surface area contributed by atoms with Gasteiger partial charge in [0.15, 0.2) is 0 Å². The summed E-state index contributed by atoms with van der Waals surface area (Å²) in [5, 5.41) is 3.01. The summed E-state index contributed by atoms with van der Waals surface area (Å²) in [4.78, 5) is 22.1. The average molecular weight is 330 g/mol. The zero-order valence-corrected chi connectivity index (χ0v) is 14.6. The fraction of sp³-hybridized carbons (Fsp3) is 0.556. The highest BCUT2D eigenvalue weighted by Gasteiger charge is 2.23. The van der Waals surface area contributed by atoms with Gasteiger partial charge < -0.3 is 19.9 Å². The number of aromatic amines is 1. The van der Waals surface area contributed by atoms with Crippen LogP contribution in [-0.4, -0.2) is 40.8 Å². The number of ether oxygens (including phenoxy) is 1. The summed E-state index contributed by atoms with van der Waals surface area (Å²) >= 11 is 0. The van der Waals surface area contributed by atoms with Crippen LogP contribution in [0.3, 0.4) is 0 Å². The molecule has 0 aromatic carbocycles. The smallest absolute Gasteiger partial charge is 0.407 e. The van der Waals surface area contributed by atoms with E-state index in [1.165, 1.54) is 0 Å². The van der Waals surface area contributed by atoms with Gasteiger partial charge >= 0.3 is 6.09 Å². The number of amides is 1. The molecule has 130 valence electrons. The van der Waals surface area contributed by atoms with E-state index in [2.05, 4.69) is 20.2 Å². The van der Waals surface area contributed by atoms with E-state index in [0.717, 1.165) is 49.1 Å². The minimum absolute atomic E-state index is 0.156. The number of anilines is 1. The van der Waals surface area contributed by atoms with Crippen molar-refractivity contribution < 1.29 is 9.53 Å². The van der Waals surface area contributed by atoms with Gasteiger partial charge in [-0.2, -0.15) is 0 Å². The number of carbonyl (C=O) groups is 1. The van der Waals surface area contributed by atoms with Gasteiger partial charge in [-0.15, -0.1) is 0 Å². The normalized spacial score (nSPS) is 19.1. The first-order chi connectivity index (χ1) is 11.4. The maximum Gasteiger partial charge on any atom is 0.407 e. The van der Waals surface area contributed by atoms with E-state index >= 15 is 0 Å². The van der Waals surface area contributed by atoms with Crippen LogP contribution in [0.2, 0.25) is 0 Å². The van der Waals surface area contributed by atoms with Crippen molar-refractivity contribution in [2.45, 2.75) is 51.7 Å². The van der Waals surface area contributed by atoms with Crippen LogP contribution in [0.4, 0.5) is 10.5 Å². The number of hydrogen-bond acceptors (Lipinski definition) is 4. The number of hydrogen-bond donors (Lipinski definition) is 2. The summed E-state index contributed by atoms with van der Waals surface area (Å²) in [5.74, 6) is 0. The molecule has 0 bridgehead atoms. The van der Waals surface area contributed by atoms with Crippen LogP contribution >= 0.6 is 0 Å². The maximum atomic E-state index is 12.0. The van der Waals surface area contributed by atoms with Gasteiger partial charge in [-0.25, -0.2) is 4.79 Å². The van der Waals surface area contributed by atoms with Crippen molar-refractivity contribution >= 4 is 22.8 Å². The molecule has 2 aromatic heterocycles. The molecule has 24 heavy (non-hydrogen) atoms. The molecule has 0 saturated carbocycles. The Bertz CT molecular complexity index is 704. The number of carbonyl (C=O) groups excluding carboxylic acids is 1. The van der Waals surface area contributed by atoms with Crippen LogP contribution in [0.25, 0.3) is 11.0 Å². The third-order valence-electron chi connectivity index (χ3n) is 4.20. The highest BCUT2D eigenvalue weighted by molar-refractivity contribution is 5.89. The number of pyridine rings is 1. The van der Waals surface area contributed by atoms with Gasteiger partial charge in [0.25, 0.3) is 0 Å². The van der Waals surface area contributed by atoms with Crippen LogP contribution in [0.5, 0.6) is 0 Å². The molecule has 2 N–H and O–H groups in total. The van der Waals surface area contributed by atoms with Crippen LogP contribution < -0.4 is 10.2 Å². The molecule has 1 unspecified atom stereocenters. The highest BCUT2D eigenvalue weighted by atomic mass is 16.6. The number of fused-ring (bicyclic) bond motifs is 1. The summed E-state index contributed by atoms with van der Waals surface area (Å²) in [5.41, 5.74) is 2.75. The first kappa shape index (κ1) is 16.6. The molecule has 6 heteroatoms. The molecule has 1 aliphatic heterocycles. The molecule has 1 fully saturated rings. The quantitative estimate of drug-likeness (QED) is 0.885. The van der Waals surface area contributed by atoms with Gasteiger partial charge in [0.2, 0.25) is 0 Å². The summed E-state index contributed by atoms with van der Waals surface area (Å²) in [6.45, 7) is 7.50. The van der Waals surface area contributed by atoms with E-state index in [0.29, 0.717) is 0 Å². The Labute approximate surface area is 142 Å². The molecule has 1 saturated heterocycles. The van der Waals surface area contributed by atoms with Crippen molar-refractivity contribution in [2.75, 3.05) is 18.0 Å². The SMILES string of the molecule is CC(C)(C)OC(=O)NC1CCCN(c2c[nH]c3cccnc23)CC1. The Kier molecular flexibility index (Phi) is 4.64. The summed E-state index contributed by atoms with van der Waals surface area (Å²) in [7, 11) is 0. The molecule has 1 atom stereocenters. The number of nitrogens with one attached hydrogen (secondary N) is 2. The summed E-state index contributed by atoms with van der Waals surface area (Å²) < 4.78 is 5.36. The second-order valence-electron chi connectivity index (χ2n) is 7.33. The molecular formula is C18H26N4O2. The zero-order valence-electron chi connectivity index (χ0n) is 14.6. The third-order valence-corrected chi connectivity index (χ3v) is 4.20. The summed E-state index contributed by atoms with van der Waals surface area (Å²) in [6.07, 6.45) is 6.42. The minimum atomic E-state index is -0.462. The Balaban J connectivity index is 1.62. The van der Waals surface area contributed by atoms with Crippen molar-refractivity contribution in [3.63, 3.8) is 0 Å². The lowest BCUT2D eigenvalue weighted by Crippen LogP contribution is -2.39. The fourth-order valence-corrected chi connectivity index (χ4v) is 3.14. The van der Waals surface area contributed by atoms with Gasteiger partial charge in [-0.05, 0) is 52.2 Å².